The molecule has 0 bridgehead atoms. The number of ether oxygens (including phenoxy) is 3. The van der Waals surface area contributed by atoms with Crippen LogP contribution in [0, 0.1) is 0 Å². The van der Waals surface area contributed by atoms with Gasteiger partial charge in [0.1, 0.15) is 18.2 Å². The molecule has 1 fully saturated rings. The van der Waals surface area contributed by atoms with E-state index >= 15 is 0 Å². The van der Waals surface area contributed by atoms with Crippen LogP contribution in [0.5, 0.6) is 5.88 Å². The molecule has 1 saturated carbocycles. The van der Waals surface area contributed by atoms with Gasteiger partial charge in [0.05, 0.1) is 6.61 Å². The lowest BCUT2D eigenvalue weighted by molar-refractivity contribution is 0.0795. The van der Waals surface area contributed by atoms with Gasteiger partial charge in [-0.05, 0) is 19.3 Å². The molecule has 2 rings (SSSR count). The monoisotopic (exact) mass is 281 g/mol. The number of aromatic nitrogens is 2. The maximum absolute atomic E-state index is 5.63. The molecule has 6 nitrogen and oxygen atoms in total. The maximum atomic E-state index is 5.63. The van der Waals surface area contributed by atoms with Crippen molar-refractivity contribution in [1.29, 1.82) is 0 Å². The minimum absolute atomic E-state index is 0.497. The molecule has 1 aliphatic carbocycles. The summed E-state index contributed by atoms with van der Waals surface area (Å²) in [5.41, 5.74) is 0. The number of nitrogens with one attached hydrogen (secondary N) is 1. The highest BCUT2D eigenvalue weighted by atomic mass is 16.5. The van der Waals surface area contributed by atoms with Crippen LogP contribution in [-0.4, -0.2) is 50.6 Å². The molecule has 0 saturated heterocycles. The third-order valence-electron chi connectivity index (χ3n) is 3.03. The predicted octanol–water partition coefficient (Wildman–Crippen LogP) is 1.83. The molecule has 6 heteroatoms. The van der Waals surface area contributed by atoms with Crippen LogP contribution in [0.25, 0.3) is 0 Å². The Kier molecular flexibility index (Phi) is 6.01. The highest BCUT2D eigenvalue weighted by molar-refractivity contribution is 5.38. The van der Waals surface area contributed by atoms with Crippen LogP contribution in [0.15, 0.2) is 6.07 Å². The first kappa shape index (κ1) is 15.0. The quantitative estimate of drug-likeness (QED) is 0.660. The molecular weight excluding hydrogens is 258 g/mol. The van der Waals surface area contributed by atoms with Crippen LogP contribution < -0.4 is 10.1 Å². The van der Waals surface area contributed by atoms with Crippen molar-refractivity contribution in [2.45, 2.75) is 25.2 Å². The second kappa shape index (κ2) is 8.01. The Morgan fingerprint density at radius 2 is 2.05 bits per heavy atom. The van der Waals surface area contributed by atoms with Gasteiger partial charge in [0.2, 0.25) is 5.88 Å². The van der Waals surface area contributed by atoms with E-state index in [9.17, 15) is 0 Å². The second-order valence-corrected chi connectivity index (χ2v) is 4.78. The molecule has 20 heavy (non-hydrogen) atoms. The summed E-state index contributed by atoms with van der Waals surface area (Å²) in [5.74, 6) is 2.81. The zero-order chi connectivity index (χ0) is 14.2. The summed E-state index contributed by atoms with van der Waals surface area (Å²) >= 11 is 0. The Morgan fingerprint density at radius 1 is 1.20 bits per heavy atom. The summed E-state index contributed by atoms with van der Waals surface area (Å²) in [5, 5.41) is 3.04. The lowest BCUT2D eigenvalue weighted by Crippen LogP contribution is -2.10. The van der Waals surface area contributed by atoms with Crippen molar-refractivity contribution in [3.63, 3.8) is 0 Å². The van der Waals surface area contributed by atoms with Crippen molar-refractivity contribution < 1.29 is 14.2 Å². The standard InChI is InChI=1S/C14H23N3O3/c1-15-12-10-13(17-14(16-12)11-4-5-11)20-9-8-19-7-3-6-18-2/h10-11H,3-9H2,1-2H3,(H,15,16,17). The Hall–Kier alpha value is -1.40. The van der Waals surface area contributed by atoms with E-state index in [1.807, 2.05) is 13.1 Å². The van der Waals surface area contributed by atoms with Crippen LogP contribution in [0.3, 0.4) is 0 Å². The highest BCUT2D eigenvalue weighted by Crippen LogP contribution is 2.39. The van der Waals surface area contributed by atoms with E-state index in [0.29, 0.717) is 31.6 Å². The Balaban J connectivity index is 1.73. The summed E-state index contributed by atoms with van der Waals surface area (Å²) < 4.78 is 16.0. The molecule has 1 aromatic rings. The van der Waals surface area contributed by atoms with Gasteiger partial charge in [-0.25, -0.2) is 4.98 Å². The largest absolute Gasteiger partial charge is 0.475 e. The minimum atomic E-state index is 0.497. The Labute approximate surface area is 119 Å². The van der Waals surface area contributed by atoms with Gasteiger partial charge in [-0.2, -0.15) is 4.98 Å². The topological polar surface area (TPSA) is 65.5 Å². The van der Waals surface area contributed by atoms with Gasteiger partial charge in [0.15, 0.2) is 0 Å². The van der Waals surface area contributed by atoms with Crippen LogP contribution >= 0.6 is 0 Å². The van der Waals surface area contributed by atoms with Crippen LogP contribution in [-0.2, 0) is 9.47 Å². The molecule has 0 radical (unpaired) electrons. The van der Waals surface area contributed by atoms with E-state index in [1.54, 1.807) is 7.11 Å². The summed E-state index contributed by atoms with van der Waals surface area (Å²) in [6.07, 6.45) is 3.25. The number of nitrogens with zero attached hydrogens (tertiary/aromatic N) is 2. The number of hydrogen-bond acceptors (Lipinski definition) is 6. The van der Waals surface area contributed by atoms with Gasteiger partial charge < -0.3 is 19.5 Å². The fourth-order valence-electron chi connectivity index (χ4n) is 1.78. The molecule has 0 atom stereocenters. The average Bonchev–Trinajstić information content (AvgIpc) is 3.30. The summed E-state index contributed by atoms with van der Waals surface area (Å²) in [7, 11) is 3.54. The molecule has 0 spiro atoms. The average molecular weight is 281 g/mol. The van der Waals surface area contributed by atoms with Gasteiger partial charge in [0, 0.05) is 39.4 Å². The molecule has 1 aromatic heterocycles. The second-order valence-electron chi connectivity index (χ2n) is 4.78. The van der Waals surface area contributed by atoms with Crippen molar-refractivity contribution in [2.75, 3.05) is 45.9 Å². The summed E-state index contributed by atoms with van der Waals surface area (Å²) in [6.45, 7) is 2.47. The van der Waals surface area contributed by atoms with E-state index in [-0.39, 0.29) is 0 Å². The molecule has 112 valence electrons. The minimum Gasteiger partial charge on any atom is -0.475 e. The molecule has 1 N–H and O–H groups in total. The molecule has 0 aromatic carbocycles. The van der Waals surface area contributed by atoms with Crippen molar-refractivity contribution in [3.05, 3.63) is 11.9 Å². The van der Waals surface area contributed by atoms with Gasteiger partial charge in [-0.15, -0.1) is 0 Å². The van der Waals surface area contributed by atoms with Gasteiger partial charge in [-0.3, -0.25) is 0 Å². The fourth-order valence-corrected chi connectivity index (χ4v) is 1.78. The number of hydrogen-bond donors (Lipinski definition) is 1. The van der Waals surface area contributed by atoms with Crippen LogP contribution in [0.1, 0.15) is 31.0 Å². The Morgan fingerprint density at radius 3 is 2.75 bits per heavy atom. The molecule has 1 heterocycles. The molecule has 0 amide bonds. The number of rotatable bonds is 10. The normalized spacial score (nSPS) is 14.3. The number of anilines is 1. The third kappa shape index (κ3) is 4.94. The first-order chi connectivity index (χ1) is 9.83. The first-order valence-corrected chi connectivity index (χ1v) is 7.09. The molecule has 0 aliphatic heterocycles. The zero-order valence-corrected chi connectivity index (χ0v) is 12.2. The molecular formula is C14H23N3O3. The lowest BCUT2D eigenvalue weighted by atomic mass is 10.4. The smallest absolute Gasteiger partial charge is 0.218 e. The Bertz CT molecular complexity index is 411. The first-order valence-electron chi connectivity index (χ1n) is 7.09. The van der Waals surface area contributed by atoms with Gasteiger partial charge >= 0.3 is 0 Å². The highest BCUT2D eigenvalue weighted by Gasteiger charge is 2.27. The lowest BCUT2D eigenvalue weighted by Gasteiger charge is -2.09. The predicted molar refractivity (Wildman–Crippen MR) is 76.4 cm³/mol. The van der Waals surface area contributed by atoms with Gasteiger partial charge in [0.25, 0.3) is 0 Å². The van der Waals surface area contributed by atoms with Crippen molar-refractivity contribution in [1.82, 2.24) is 9.97 Å². The van der Waals surface area contributed by atoms with Crippen LogP contribution in [0.4, 0.5) is 5.82 Å². The van der Waals surface area contributed by atoms with Crippen molar-refractivity contribution in [2.24, 2.45) is 0 Å². The van der Waals surface area contributed by atoms with Crippen molar-refractivity contribution in [3.8, 4) is 5.88 Å². The SMILES string of the molecule is CNc1cc(OCCOCCCOC)nc(C2CC2)n1. The van der Waals surface area contributed by atoms with Crippen molar-refractivity contribution >= 4 is 5.82 Å². The maximum Gasteiger partial charge on any atom is 0.218 e. The van der Waals surface area contributed by atoms with Crippen LogP contribution in [0.2, 0.25) is 0 Å². The van der Waals surface area contributed by atoms with Gasteiger partial charge in [-0.1, -0.05) is 0 Å². The fraction of sp³-hybridized carbons (Fsp3) is 0.714. The third-order valence-corrected chi connectivity index (χ3v) is 3.03. The van der Waals surface area contributed by atoms with E-state index < -0.39 is 0 Å². The molecule has 1 aliphatic rings. The number of methoxy groups -OCH3 is 1. The summed E-state index contributed by atoms with van der Waals surface area (Å²) in [4.78, 5) is 8.89. The van der Waals surface area contributed by atoms with E-state index in [1.165, 1.54) is 12.8 Å². The summed E-state index contributed by atoms with van der Waals surface area (Å²) in [6, 6.07) is 1.82. The van der Waals surface area contributed by atoms with E-state index in [2.05, 4.69) is 15.3 Å². The molecule has 0 unspecified atom stereocenters. The van der Waals surface area contributed by atoms with E-state index in [4.69, 9.17) is 14.2 Å². The zero-order valence-electron chi connectivity index (χ0n) is 12.2. The van der Waals surface area contributed by atoms with E-state index in [0.717, 1.165) is 24.7 Å².